The highest BCUT2D eigenvalue weighted by Gasteiger charge is 2.38. The van der Waals surface area contributed by atoms with E-state index >= 15 is 0 Å². The Kier molecular flexibility index (Phi) is 6.14. The number of hydrogen-bond acceptors (Lipinski definition) is 3. The lowest BCUT2D eigenvalue weighted by molar-refractivity contribution is 0.0150. The summed E-state index contributed by atoms with van der Waals surface area (Å²) >= 11 is 0. The van der Waals surface area contributed by atoms with Gasteiger partial charge in [-0.1, -0.05) is 27.7 Å². The molecule has 2 amide bonds. The average molecular weight is 328 g/mol. The van der Waals surface area contributed by atoms with Crippen molar-refractivity contribution in [2.75, 3.05) is 6.54 Å². The average Bonchev–Trinajstić information content (AvgIpc) is 2.31. The van der Waals surface area contributed by atoms with Crippen molar-refractivity contribution in [3.8, 4) is 0 Å². The molecule has 0 spiro atoms. The van der Waals surface area contributed by atoms with Gasteiger partial charge in [0.05, 0.1) is 6.10 Å². The van der Waals surface area contributed by atoms with Crippen LogP contribution in [0.4, 0.5) is 4.79 Å². The van der Waals surface area contributed by atoms with Crippen LogP contribution in [-0.4, -0.2) is 40.9 Å². The van der Waals surface area contributed by atoms with Gasteiger partial charge in [-0.25, -0.2) is 4.79 Å². The van der Waals surface area contributed by atoms with Gasteiger partial charge in [0, 0.05) is 29.1 Å². The van der Waals surface area contributed by atoms with E-state index in [0.717, 1.165) is 12.8 Å². The Morgan fingerprint density at radius 1 is 1.22 bits per heavy atom. The van der Waals surface area contributed by atoms with Crippen LogP contribution < -0.4 is 16.0 Å². The van der Waals surface area contributed by atoms with E-state index in [1.807, 2.05) is 27.7 Å². The maximum atomic E-state index is 12.2. The summed E-state index contributed by atoms with van der Waals surface area (Å²) in [4.78, 5) is 12.2. The van der Waals surface area contributed by atoms with Crippen LogP contribution in [0.15, 0.2) is 0 Å². The Balaban J connectivity index is 2.54. The maximum absolute atomic E-state index is 12.2. The lowest BCUT2D eigenvalue weighted by Crippen LogP contribution is -2.63. The molecule has 0 aromatic carbocycles. The molecule has 1 rings (SSSR count). The first-order valence-corrected chi connectivity index (χ1v) is 8.76. The molecule has 0 saturated carbocycles. The first kappa shape index (κ1) is 20.2. The number of amides is 2. The summed E-state index contributed by atoms with van der Waals surface area (Å²) in [5.74, 6) is 0.167. The van der Waals surface area contributed by atoms with Gasteiger partial charge in [0.1, 0.15) is 0 Å². The van der Waals surface area contributed by atoms with Crippen LogP contribution in [-0.2, 0) is 0 Å². The first-order valence-electron chi connectivity index (χ1n) is 8.76. The molecule has 0 radical (unpaired) electrons. The molecule has 5 heteroatoms. The largest absolute Gasteiger partial charge is 0.392 e. The Morgan fingerprint density at radius 3 is 2.13 bits per heavy atom. The number of aliphatic hydroxyl groups excluding tert-OH is 1. The number of urea groups is 1. The topological polar surface area (TPSA) is 73.4 Å². The van der Waals surface area contributed by atoms with Crippen LogP contribution >= 0.6 is 0 Å². The summed E-state index contributed by atoms with van der Waals surface area (Å²) in [6.07, 6.45) is 1.36. The molecule has 1 aliphatic heterocycles. The zero-order chi connectivity index (χ0) is 18.1. The zero-order valence-electron chi connectivity index (χ0n) is 16.2. The van der Waals surface area contributed by atoms with Gasteiger partial charge < -0.3 is 21.1 Å². The Bertz CT molecular complexity index is 400. The highest BCUT2D eigenvalue weighted by Crippen LogP contribution is 2.28. The minimum absolute atomic E-state index is 0.00675. The van der Waals surface area contributed by atoms with Crippen molar-refractivity contribution in [3.05, 3.63) is 0 Å². The van der Waals surface area contributed by atoms with Crippen molar-refractivity contribution in [3.63, 3.8) is 0 Å². The number of rotatable bonds is 5. The molecule has 0 bridgehead atoms. The van der Waals surface area contributed by atoms with E-state index < -0.39 is 6.10 Å². The van der Waals surface area contributed by atoms with E-state index in [-0.39, 0.29) is 34.5 Å². The van der Waals surface area contributed by atoms with Crippen molar-refractivity contribution in [2.24, 2.45) is 11.3 Å². The number of carbonyl (C=O) groups is 1. The van der Waals surface area contributed by atoms with Gasteiger partial charge in [-0.2, -0.15) is 0 Å². The van der Waals surface area contributed by atoms with Crippen LogP contribution in [0.1, 0.15) is 68.2 Å². The molecule has 1 fully saturated rings. The van der Waals surface area contributed by atoms with Crippen LogP contribution in [0.3, 0.4) is 0 Å². The summed E-state index contributed by atoms with van der Waals surface area (Å²) in [6, 6.07) is 0.00640. The van der Waals surface area contributed by atoms with Crippen LogP contribution in [0.5, 0.6) is 0 Å². The fourth-order valence-electron chi connectivity index (χ4n) is 3.98. The number of hydrogen-bond donors (Lipinski definition) is 4. The third kappa shape index (κ3) is 6.30. The highest BCUT2D eigenvalue weighted by molar-refractivity contribution is 5.74. The minimum Gasteiger partial charge on any atom is -0.392 e. The van der Waals surface area contributed by atoms with Crippen LogP contribution in [0.2, 0.25) is 0 Å². The molecular weight excluding hydrogens is 290 g/mol. The van der Waals surface area contributed by atoms with Crippen molar-refractivity contribution in [2.45, 2.75) is 91.5 Å². The lowest BCUT2D eigenvalue weighted by atomic mass is 9.79. The molecule has 1 aliphatic rings. The van der Waals surface area contributed by atoms with Crippen LogP contribution in [0, 0.1) is 11.3 Å². The molecule has 0 aromatic rings. The maximum Gasteiger partial charge on any atom is 0.315 e. The van der Waals surface area contributed by atoms with Crippen molar-refractivity contribution < 1.29 is 9.90 Å². The number of nitrogens with one attached hydrogen (secondary N) is 3. The van der Waals surface area contributed by atoms with E-state index in [1.54, 1.807) is 0 Å². The standard InChI is InChI=1S/C18H37N3O2/c1-12(2)14(22)16(3,4)11-19-15(23)20-13-9-17(5,6)21-18(7,8)10-13/h12-14,21-22H,9-11H2,1-8H3,(H2,19,20,23). The monoisotopic (exact) mass is 327 g/mol. The Morgan fingerprint density at radius 2 is 1.70 bits per heavy atom. The van der Waals surface area contributed by atoms with Crippen molar-refractivity contribution in [1.82, 2.24) is 16.0 Å². The fourth-order valence-corrected chi connectivity index (χ4v) is 3.98. The zero-order valence-corrected chi connectivity index (χ0v) is 16.2. The smallest absolute Gasteiger partial charge is 0.315 e. The van der Waals surface area contributed by atoms with Crippen molar-refractivity contribution in [1.29, 1.82) is 0 Å². The van der Waals surface area contributed by atoms with E-state index in [0.29, 0.717) is 6.54 Å². The number of aliphatic hydroxyl groups is 1. The van der Waals surface area contributed by atoms with E-state index in [4.69, 9.17) is 0 Å². The molecule has 136 valence electrons. The second-order valence-electron chi connectivity index (χ2n) is 9.50. The van der Waals surface area contributed by atoms with E-state index in [1.165, 1.54) is 0 Å². The quantitative estimate of drug-likeness (QED) is 0.627. The fraction of sp³-hybridized carbons (Fsp3) is 0.944. The molecule has 0 aromatic heterocycles. The lowest BCUT2D eigenvalue weighted by Gasteiger charge is -2.46. The molecule has 1 saturated heterocycles. The van der Waals surface area contributed by atoms with Gasteiger partial charge in [-0.15, -0.1) is 0 Å². The van der Waals surface area contributed by atoms with Crippen LogP contribution in [0.25, 0.3) is 0 Å². The summed E-state index contributed by atoms with van der Waals surface area (Å²) in [5.41, 5.74) is -0.336. The van der Waals surface area contributed by atoms with Gasteiger partial charge in [-0.3, -0.25) is 0 Å². The SMILES string of the molecule is CC(C)C(O)C(C)(C)CNC(=O)NC1CC(C)(C)NC(C)(C)C1. The molecular formula is C18H37N3O2. The Hall–Kier alpha value is -0.810. The second kappa shape index (κ2) is 6.98. The summed E-state index contributed by atoms with van der Waals surface area (Å²) < 4.78 is 0. The minimum atomic E-state index is -0.445. The number of piperidine rings is 1. The predicted octanol–water partition coefficient (Wildman–Crippen LogP) is 2.64. The molecule has 23 heavy (non-hydrogen) atoms. The van der Waals surface area contributed by atoms with Gasteiger partial charge in [0.15, 0.2) is 0 Å². The molecule has 1 unspecified atom stereocenters. The van der Waals surface area contributed by atoms with Gasteiger partial charge in [0.25, 0.3) is 0 Å². The molecule has 0 aliphatic carbocycles. The first-order chi connectivity index (χ1) is 10.2. The third-order valence-electron chi connectivity index (χ3n) is 4.66. The summed E-state index contributed by atoms with van der Waals surface area (Å²) in [5, 5.41) is 19.9. The normalized spacial score (nSPS) is 22.7. The molecule has 1 atom stereocenters. The second-order valence-corrected chi connectivity index (χ2v) is 9.50. The van der Waals surface area contributed by atoms with Gasteiger partial charge >= 0.3 is 6.03 Å². The highest BCUT2D eigenvalue weighted by atomic mass is 16.3. The Labute approximate surface area is 142 Å². The molecule has 5 nitrogen and oxygen atoms in total. The van der Waals surface area contributed by atoms with Gasteiger partial charge in [0.2, 0.25) is 0 Å². The van der Waals surface area contributed by atoms with Crippen molar-refractivity contribution >= 4 is 6.03 Å². The predicted molar refractivity (Wildman–Crippen MR) is 95.5 cm³/mol. The molecule has 4 N–H and O–H groups in total. The summed E-state index contributed by atoms with van der Waals surface area (Å²) in [6.45, 7) is 17.1. The summed E-state index contributed by atoms with van der Waals surface area (Å²) in [7, 11) is 0. The molecule has 1 heterocycles. The number of carbonyl (C=O) groups excluding carboxylic acids is 1. The van der Waals surface area contributed by atoms with E-state index in [2.05, 4.69) is 43.6 Å². The van der Waals surface area contributed by atoms with E-state index in [9.17, 15) is 9.90 Å². The third-order valence-corrected chi connectivity index (χ3v) is 4.66. The van der Waals surface area contributed by atoms with Gasteiger partial charge in [-0.05, 0) is 46.5 Å².